The van der Waals surface area contributed by atoms with Crippen molar-refractivity contribution in [3.63, 3.8) is 0 Å². The average molecular weight is 343 g/mol. The summed E-state index contributed by atoms with van der Waals surface area (Å²) in [6, 6.07) is 3.80. The van der Waals surface area contributed by atoms with Crippen LogP contribution < -0.4 is 10.6 Å². The van der Waals surface area contributed by atoms with Crippen LogP contribution in [0.3, 0.4) is 0 Å². The van der Waals surface area contributed by atoms with Gasteiger partial charge in [-0.05, 0) is 23.8 Å². The molecule has 0 bridgehead atoms. The Bertz CT molecular complexity index is 734. The zero-order valence-corrected chi connectivity index (χ0v) is 13.6. The molecule has 1 aromatic rings. The second-order valence-corrected chi connectivity index (χ2v) is 7.73. The molecule has 0 aliphatic carbocycles. The molecule has 2 N–H and O–H groups in total. The molecule has 2 rings (SSSR count). The fourth-order valence-corrected chi connectivity index (χ4v) is 3.00. The van der Waals surface area contributed by atoms with Crippen molar-refractivity contribution in [2.45, 2.75) is 12.3 Å². The summed E-state index contributed by atoms with van der Waals surface area (Å²) in [6.45, 7) is -0.0812. The molecule has 0 saturated heterocycles. The van der Waals surface area contributed by atoms with E-state index in [2.05, 4.69) is 10.6 Å². The van der Waals surface area contributed by atoms with Gasteiger partial charge in [-0.1, -0.05) is 0 Å². The quantitative estimate of drug-likeness (QED) is 0.802. The smallest absolute Gasteiger partial charge is 0.228 e. The van der Waals surface area contributed by atoms with Gasteiger partial charge in [0, 0.05) is 32.7 Å². The molecular weight excluding hydrogens is 325 g/mol. The fourth-order valence-electron chi connectivity index (χ4n) is 2.28. The minimum Gasteiger partial charge on any atom is -0.354 e. The summed E-state index contributed by atoms with van der Waals surface area (Å²) in [5.41, 5.74) is 0.779. The summed E-state index contributed by atoms with van der Waals surface area (Å²) in [5.74, 6) is -2.43. The monoisotopic (exact) mass is 343 g/mol. The highest BCUT2D eigenvalue weighted by Crippen LogP contribution is 2.32. The number of anilines is 1. The lowest BCUT2D eigenvalue weighted by Crippen LogP contribution is -2.38. The molecule has 1 atom stereocenters. The van der Waals surface area contributed by atoms with Crippen molar-refractivity contribution in [3.8, 4) is 0 Å². The molecule has 1 aliphatic rings. The summed E-state index contributed by atoms with van der Waals surface area (Å²) in [7, 11) is -0.614. The minimum atomic E-state index is -3.42. The van der Waals surface area contributed by atoms with Gasteiger partial charge in [0.1, 0.15) is 5.82 Å². The van der Waals surface area contributed by atoms with Crippen molar-refractivity contribution in [2.75, 3.05) is 31.7 Å². The number of rotatable bonds is 5. The van der Waals surface area contributed by atoms with Crippen LogP contribution in [0.25, 0.3) is 0 Å². The van der Waals surface area contributed by atoms with E-state index in [1.54, 1.807) is 0 Å². The second kappa shape index (κ2) is 6.63. The van der Waals surface area contributed by atoms with Crippen LogP contribution in [0.4, 0.5) is 10.1 Å². The number of halogens is 1. The Labute approximate surface area is 133 Å². The Morgan fingerprint density at radius 2 is 2.13 bits per heavy atom. The van der Waals surface area contributed by atoms with Gasteiger partial charge < -0.3 is 10.6 Å². The molecule has 0 saturated carbocycles. The van der Waals surface area contributed by atoms with Crippen LogP contribution in [0.2, 0.25) is 0 Å². The summed E-state index contributed by atoms with van der Waals surface area (Å²) in [4.78, 5) is 23.9. The highest BCUT2D eigenvalue weighted by molar-refractivity contribution is 7.89. The van der Waals surface area contributed by atoms with E-state index in [4.69, 9.17) is 0 Å². The third-order valence-corrected chi connectivity index (χ3v) is 5.42. The second-order valence-electron chi connectivity index (χ2n) is 5.43. The Morgan fingerprint density at radius 3 is 2.78 bits per heavy atom. The van der Waals surface area contributed by atoms with E-state index in [1.165, 1.54) is 32.3 Å². The van der Waals surface area contributed by atoms with Gasteiger partial charge in [0.2, 0.25) is 21.8 Å². The van der Waals surface area contributed by atoms with Gasteiger partial charge in [0.15, 0.2) is 0 Å². The Balaban J connectivity index is 2.09. The number of carbonyl (C=O) groups excluding carboxylic acids is 2. The van der Waals surface area contributed by atoms with Crippen LogP contribution in [0.1, 0.15) is 17.9 Å². The molecular formula is C14H18FN3O4S. The molecule has 9 heteroatoms. The lowest BCUT2D eigenvalue weighted by molar-refractivity contribution is -0.126. The van der Waals surface area contributed by atoms with Crippen LogP contribution in [0.5, 0.6) is 0 Å². The van der Waals surface area contributed by atoms with E-state index >= 15 is 0 Å². The van der Waals surface area contributed by atoms with E-state index in [-0.39, 0.29) is 24.6 Å². The molecule has 0 aromatic heterocycles. The van der Waals surface area contributed by atoms with E-state index in [1.807, 2.05) is 0 Å². The first-order valence-electron chi connectivity index (χ1n) is 6.98. The molecule has 0 spiro atoms. The molecule has 1 aromatic carbocycles. The van der Waals surface area contributed by atoms with E-state index < -0.39 is 27.7 Å². The standard InChI is InChI=1S/C14H18FN3O4S/c1-18(2)23(21,22)6-5-16-14(20)11-8-13(19)17-12-4-3-9(15)7-10(11)12/h3-4,7,11H,5-6,8H2,1-2H3,(H,16,20)(H,17,19)/t11-/m0/s1. The number of hydrogen-bond acceptors (Lipinski definition) is 4. The molecule has 23 heavy (non-hydrogen) atoms. The SMILES string of the molecule is CN(C)S(=O)(=O)CCNC(=O)[C@H]1CC(=O)Nc2ccc(F)cc21. The van der Waals surface area contributed by atoms with E-state index in [9.17, 15) is 22.4 Å². The topological polar surface area (TPSA) is 95.6 Å². The normalized spacial score (nSPS) is 17.6. The minimum absolute atomic E-state index is 0.0812. The number of nitrogens with zero attached hydrogens (tertiary/aromatic N) is 1. The van der Waals surface area contributed by atoms with Crippen molar-refractivity contribution in [2.24, 2.45) is 0 Å². The third-order valence-electron chi connectivity index (χ3n) is 3.58. The largest absolute Gasteiger partial charge is 0.354 e. The molecule has 7 nitrogen and oxygen atoms in total. The zero-order valence-electron chi connectivity index (χ0n) is 12.8. The summed E-state index contributed by atoms with van der Waals surface area (Å²) in [5, 5.41) is 5.08. The maximum atomic E-state index is 13.4. The van der Waals surface area contributed by atoms with Gasteiger partial charge in [0.05, 0.1) is 11.7 Å². The van der Waals surface area contributed by atoms with Crippen molar-refractivity contribution in [1.82, 2.24) is 9.62 Å². The zero-order chi connectivity index (χ0) is 17.2. The molecule has 1 heterocycles. The summed E-state index contributed by atoms with van der Waals surface area (Å²) in [6.07, 6.45) is -0.108. The van der Waals surface area contributed by atoms with Crippen LogP contribution in [0, 0.1) is 5.82 Å². The number of hydrogen-bond donors (Lipinski definition) is 2. The molecule has 1 aliphatic heterocycles. The van der Waals surface area contributed by atoms with Crippen LogP contribution >= 0.6 is 0 Å². The lowest BCUT2D eigenvalue weighted by Gasteiger charge is -2.25. The summed E-state index contributed by atoms with van der Waals surface area (Å²) >= 11 is 0. The number of sulfonamides is 1. The molecule has 126 valence electrons. The molecule has 0 fully saturated rings. The Kier molecular flexibility index (Phi) is 5.00. The van der Waals surface area contributed by atoms with Gasteiger partial charge in [-0.25, -0.2) is 17.1 Å². The predicted octanol–water partition coefficient (Wildman–Crippen LogP) is 0.259. The number of amides is 2. The van der Waals surface area contributed by atoms with Gasteiger partial charge >= 0.3 is 0 Å². The van der Waals surface area contributed by atoms with E-state index in [0.717, 1.165) is 4.31 Å². The Hall–Kier alpha value is -2.00. The van der Waals surface area contributed by atoms with E-state index in [0.29, 0.717) is 11.3 Å². The van der Waals surface area contributed by atoms with Gasteiger partial charge in [-0.15, -0.1) is 0 Å². The highest BCUT2D eigenvalue weighted by atomic mass is 32.2. The lowest BCUT2D eigenvalue weighted by atomic mass is 9.89. The predicted molar refractivity (Wildman–Crippen MR) is 82.9 cm³/mol. The van der Waals surface area contributed by atoms with Gasteiger partial charge in [0.25, 0.3) is 0 Å². The molecule has 0 radical (unpaired) electrons. The number of carbonyl (C=O) groups is 2. The number of fused-ring (bicyclic) bond motifs is 1. The molecule has 2 amide bonds. The number of benzene rings is 1. The van der Waals surface area contributed by atoms with Crippen LogP contribution in [-0.4, -0.2) is 50.9 Å². The van der Waals surface area contributed by atoms with Crippen molar-refractivity contribution >= 4 is 27.5 Å². The molecule has 0 unspecified atom stereocenters. The van der Waals surface area contributed by atoms with Gasteiger partial charge in [-0.2, -0.15) is 0 Å². The van der Waals surface area contributed by atoms with Crippen molar-refractivity contribution < 1.29 is 22.4 Å². The number of nitrogens with one attached hydrogen (secondary N) is 2. The van der Waals surface area contributed by atoms with Crippen molar-refractivity contribution in [3.05, 3.63) is 29.6 Å². The summed E-state index contributed by atoms with van der Waals surface area (Å²) < 4.78 is 37.8. The first-order chi connectivity index (χ1) is 10.7. The van der Waals surface area contributed by atoms with Crippen LogP contribution in [0.15, 0.2) is 18.2 Å². The van der Waals surface area contributed by atoms with Gasteiger partial charge in [-0.3, -0.25) is 9.59 Å². The average Bonchev–Trinajstić information content (AvgIpc) is 2.46. The first-order valence-corrected chi connectivity index (χ1v) is 8.59. The fraction of sp³-hybridized carbons (Fsp3) is 0.429. The maximum Gasteiger partial charge on any atom is 0.228 e. The third kappa shape index (κ3) is 4.05. The maximum absolute atomic E-state index is 13.4. The Morgan fingerprint density at radius 1 is 1.43 bits per heavy atom. The van der Waals surface area contributed by atoms with Crippen LogP contribution in [-0.2, 0) is 19.6 Å². The first kappa shape index (κ1) is 17.4. The highest BCUT2D eigenvalue weighted by Gasteiger charge is 2.31. The van der Waals surface area contributed by atoms with Crippen molar-refractivity contribution in [1.29, 1.82) is 0 Å².